The number of nitrogens with zero attached hydrogens (tertiary/aromatic N) is 2. The lowest BCUT2D eigenvalue weighted by atomic mass is 9.99. The molecule has 1 aliphatic rings. The molecule has 0 radical (unpaired) electrons. The first-order valence-electron chi connectivity index (χ1n) is 5.54. The molecular weight excluding hydrogens is 274 g/mol. The van der Waals surface area contributed by atoms with Gasteiger partial charge in [0.25, 0.3) is 5.91 Å². The van der Waals surface area contributed by atoms with Gasteiger partial charge in [-0.3, -0.25) is 4.79 Å². The largest absolute Gasteiger partial charge is 0.479 e. The van der Waals surface area contributed by atoms with Gasteiger partial charge in [0.1, 0.15) is 10.4 Å². The van der Waals surface area contributed by atoms with E-state index in [1.165, 1.54) is 11.8 Å². The summed E-state index contributed by atoms with van der Waals surface area (Å²) in [4.78, 5) is 23.8. The number of carboxylic acids is 1. The number of amides is 1. The average Bonchev–Trinajstić information content (AvgIpc) is 2.97. The Morgan fingerprint density at radius 3 is 2.89 bits per heavy atom. The molecule has 1 saturated heterocycles. The van der Waals surface area contributed by atoms with Gasteiger partial charge in [-0.25, -0.2) is 4.79 Å². The molecule has 1 fully saturated rings. The van der Waals surface area contributed by atoms with Gasteiger partial charge in [0, 0.05) is 5.75 Å². The number of aliphatic carboxylic acids is 1. The van der Waals surface area contributed by atoms with Crippen molar-refractivity contribution >= 4 is 35.2 Å². The van der Waals surface area contributed by atoms with Crippen LogP contribution in [0.4, 0.5) is 0 Å². The van der Waals surface area contributed by atoms with Crippen molar-refractivity contribution in [3.8, 4) is 0 Å². The number of aromatic nitrogens is 2. The predicted molar refractivity (Wildman–Crippen MR) is 69.1 cm³/mol. The quantitative estimate of drug-likeness (QED) is 0.850. The molecule has 1 amide bonds. The van der Waals surface area contributed by atoms with Crippen molar-refractivity contribution in [2.75, 3.05) is 11.5 Å². The summed E-state index contributed by atoms with van der Waals surface area (Å²) in [7, 11) is 0. The Kier molecular flexibility index (Phi) is 3.86. The zero-order chi connectivity index (χ0) is 13.2. The zero-order valence-corrected chi connectivity index (χ0v) is 11.4. The molecule has 1 atom stereocenters. The number of thioether (sulfide) groups is 1. The van der Waals surface area contributed by atoms with Gasteiger partial charge in [-0.15, -0.1) is 5.10 Å². The fraction of sp³-hybridized carbons (Fsp3) is 0.600. The van der Waals surface area contributed by atoms with Crippen LogP contribution in [-0.2, 0) is 11.2 Å². The Bertz CT molecular complexity index is 469. The summed E-state index contributed by atoms with van der Waals surface area (Å²) in [6.07, 6.45) is 1.06. The Labute approximate surface area is 112 Å². The number of carboxylic acid groups (broad SMARTS) is 1. The Balaban J connectivity index is 2.18. The van der Waals surface area contributed by atoms with Gasteiger partial charge in [0.2, 0.25) is 0 Å². The highest BCUT2D eigenvalue weighted by atomic mass is 32.2. The Morgan fingerprint density at radius 2 is 2.33 bits per heavy atom. The molecule has 0 saturated carbocycles. The highest BCUT2D eigenvalue weighted by molar-refractivity contribution is 7.99. The maximum absolute atomic E-state index is 12.1. The van der Waals surface area contributed by atoms with Crippen molar-refractivity contribution in [2.24, 2.45) is 0 Å². The van der Waals surface area contributed by atoms with Crippen molar-refractivity contribution in [3.63, 3.8) is 0 Å². The first-order valence-corrected chi connectivity index (χ1v) is 7.47. The molecule has 2 rings (SSSR count). The van der Waals surface area contributed by atoms with Crippen LogP contribution in [0.1, 0.15) is 28.7 Å². The number of hydrogen-bond acceptors (Lipinski definition) is 6. The standard InChI is InChI=1S/C10H13N3O3S2/c1-2-6-7(18-13-12-6)8(14)11-10(9(15)16)3-4-17-5-10/h2-5H2,1H3,(H,11,14)(H,15,16)/t10-/m0/s1. The van der Waals surface area contributed by atoms with Gasteiger partial charge < -0.3 is 10.4 Å². The minimum Gasteiger partial charge on any atom is -0.479 e. The molecule has 1 aromatic rings. The summed E-state index contributed by atoms with van der Waals surface area (Å²) in [6, 6.07) is 0. The number of rotatable bonds is 4. The first kappa shape index (κ1) is 13.3. The molecule has 6 nitrogen and oxygen atoms in total. The van der Waals surface area contributed by atoms with Crippen LogP contribution >= 0.6 is 23.3 Å². The molecule has 98 valence electrons. The molecule has 0 bridgehead atoms. The van der Waals surface area contributed by atoms with Gasteiger partial charge >= 0.3 is 5.97 Å². The molecule has 0 aliphatic carbocycles. The van der Waals surface area contributed by atoms with E-state index in [9.17, 15) is 14.7 Å². The summed E-state index contributed by atoms with van der Waals surface area (Å²) in [5, 5.41) is 15.8. The minimum absolute atomic E-state index is 0.383. The van der Waals surface area contributed by atoms with Crippen LogP contribution in [0.3, 0.4) is 0 Å². The third kappa shape index (κ3) is 2.35. The highest BCUT2D eigenvalue weighted by Gasteiger charge is 2.43. The number of carbonyl (C=O) groups is 2. The highest BCUT2D eigenvalue weighted by Crippen LogP contribution is 2.29. The van der Waals surface area contributed by atoms with Gasteiger partial charge in [0.05, 0.1) is 5.69 Å². The van der Waals surface area contributed by atoms with Crippen molar-refractivity contribution in [1.82, 2.24) is 14.9 Å². The monoisotopic (exact) mass is 287 g/mol. The number of carbonyl (C=O) groups excluding carboxylic acids is 1. The molecule has 18 heavy (non-hydrogen) atoms. The van der Waals surface area contributed by atoms with Gasteiger partial charge in [0.15, 0.2) is 0 Å². The predicted octanol–water partition coefficient (Wildman–Crippen LogP) is 0.791. The van der Waals surface area contributed by atoms with Crippen molar-refractivity contribution in [1.29, 1.82) is 0 Å². The van der Waals surface area contributed by atoms with Crippen LogP contribution in [0.2, 0.25) is 0 Å². The van der Waals surface area contributed by atoms with Crippen LogP contribution in [0, 0.1) is 0 Å². The second-order valence-corrected chi connectivity index (χ2v) is 5.91. The zero-order valence-electron chi connectivity index (χ0n) is 9.80. The van der Waals surface area contributed by atoms with Crippen LogP contribution in [0.25, 0.3) is 0 Å². The maximum Gasteiger partial charge on any atom is 0.330 e. The lowest BCUT2D eigenvalue weighted by Gasteiger charge is -2.24. The minimum atomic E-state index is -1.14. The fourth-order valence-corrected chi connectivity index (χ4v) is 3.74. The summed E-state index contributed by atoms with van der Waals surface area (Å²) in [5.74, 6) is -0.209. The number of hydrogen-bond donors (Lipinski definition) is 2. The van der Waals surface area contributed by atoms with Crippen LogP contribution in [0.5, 0.6) is 0 Å². The molecule has 8 heteroatoms. The topological polar surface area (TPSA) is 92.2 Å². The van der Waals surface area contributed by atoms with E-state index >= 15 is 0 Å². The van der Waals surface area contributed by atoms with E-state index in [0.717, 1.165) is 17.3 Å². The molecule has 1 aromatic heterocycles. The second kappa shape index (κ2) is 5.23. The normalized spacial score (nSPS) is 22.9. The number of aryl methyl sites for hydroxylation is 1. The van der Waals surface area contributed by atoms with E-state index in [1.54, 1.807) is 0 Å². The smallest absolute Gasteiger partial charge is 0.330 e. The summed E-state index contributed by atoms with van der Waals surface area (Å²) in [5.41, 5.74) is -0.528. The number of nitrogens with one attached hydrogen (secondary N) is 1. The Hall–Kier alpha value is -1.15. The molecule has 0 unspecified atom stereocenters. The summed E-state index contributed by atoms with van der Waals surface area (Å²) < 4.78 is 3.73. The van der Waals surface area contributed by atoms with Crippen LogP contribution < -0.4 is 5.32 Å². The fourth-order valence-electron chi connectivity index (χ4n) is 1.77. The van der Waals surface area contributed by atoms with Gasteiger partial charge in [-0.05, 0) is 30.1 Å². The van der Waals surface area contributed by atoms with Crippen LogP contribution in [-0.4, -0.2) is 43.6 Å². The summed E-state index contributed by atoms with van der Waals surface area (Å²) in [6.45, 7) is 1.88. The lowest BCUT2D eigenvalue weighted by Crippen LogP contribution is -2.54. The Morgan fingerprint density at radius 1 is 1.56 bits per heavy atom. The van der Waals surface area contributed by atoms with E-state index in [2.05, 4.69) is 14.9 Å². The van der Waals surface area contributed by atoms with E-state index < -0.39 is 11.5 Å². The van der Waals surface area contributed by atoms with E-state index in [1.807, 2.05) is 6.92 Å². The van der Waals surface area contributed by atoms with E-state index in [4.69, 9.17) is 0 Å². The second-order valence-electron chi connectivity index (χ2n) is 4.05. The molecule has 1 aliphatic heterocycles. The average molecular weight is 287 g/mol. The van der Waals surface area contributed by atoms with Crippen LogP contribution in [0.15, 0.2) is 0 Å². The molecule has 0 spiro atoms. The first-order chi connectivity index (χ1) is 8.59. The maximum atomic E-state index is 12.1. The third-order valence-electron chi connectivity index (χ3n) is 2.88. The van der Waals surface area contributed by atoms with Crippen molar-refractivity contribution in [2.45, 2.75) is 25.3 Å². The van der Waals surface area contributed by atoms with E-state index in [-0.39, 0.29) is 5.91 Å². The molecule has 2 N–H and O–H groups in total. The SMILES string of the molecule is CCc1nnsc1C(=O)N[C@@]1(C(=O)O)CCSC1. The van der Waals surface area contributed by atoms with Crippen molar-refractivity contribution < 1.29 is 14.7 Å². The third-order valence-corrected chi connectivity index (χ3v) is 4.84. The molecular formula is C10H13N3O3S2. The molecule has 2 heterocycles. The van der Waals surface area contributed by atoms with E-state index in [0.29, 0.717) is 29.2 Å². The van der Waals surface area contributed by atoms with Gasteiger partial charge in [-0.1, -0.05) is 11.4 Å². The lowest BCUT2D eigenvalue weighted by molar-refractivity contribution is -0.143. The van der Waals surface area contributed by atoms with Gasteiger partial charge in [-0.2, -0.15) is 11.8 Å². The van der Waals surface area contributed by atoms with Crippen molar-refractivity contribution in [3.05, 3.63) is 10.6 Å². The summed E-state index contributed by atoms with van der Waals surface area (Å²) >= 11 is 2.54. The molecule has 0 aromatic carbocycles.